The lowest BCUT2D eigenvalue weighted by atomic mass is 10.1. The number of carbonyl (C=O) groups excluding carboxylic acids is 2. The lowest BCUT2D eigenvalue weighted by Gasteiger charge is -2.15. The topological polar surface area (TPSA) is 124 Å². The Balaban J connectivity index is 1.66. The van der Waals surface area contributed by atoms with Crippen molar-refractivity contribution in [2.24, 2.45) is 0 Å². The Kier molecular flexibility index (Phi) is 7.48. The molecule has 0 atom stereocenters. The Morgan fingerprint density at radius 1 is 0.912 bits per heavy atom. The van der Waals surface area contributed by atoms with E-state index in [2.05, 4.69) is 30.9 Å². The van der Waals surface area contributed by atoms with Crippen LogP contribution in [0.1, 0.15) is 16.1 Å². The monoisotopic (exact) mass is 477 g/mol. The fraction of sp³-hybridized carbons (Fsp3) is 0.143. The van der Waals surface area contributed by atoms with Crippen molar-refractivity contribution in [3.63, 3.8) is 0 Å². The molecule has 3 N–H and O–H groups in total. The molecular formula is C21H18F3N5O5. The zero-order valence-electron chi connectivity index (χ0n) is 17.8. The summed E-state index contributed by atoms with van der Waals surface area (Å²) in [5.41, 5.74) is 0.932. The first-order chi connectivity index (χ1) is 16.2. The number of methoxy groups -OCH3 is 1. The van der Waals surface area contributed by atoms with Crippen LogP contribution in [-0.2, 0) is 11.0 Å². The quantitative estimate of drug-likeness (QED) is 0.435. The van der Waals surface area contributed by atoms with Crippen molar-refractivity contribution in [1.29, 1.82) is 0 Å². The highest BCUT2D eigenvalue weighted by Gasteiger charge is 2.34. The average Bonchev–Trinajstić information content (AvgIpc) is 2.80. The molecule has 0 unspecified atom stereocenters. The Morgan fingerprint density at radius 2 is 1.62 bits per heavy atom. The smallest absolute Gasteiger partial charge is 0.418 e. The van der Waals surface area contributed by atoms with Gasteiger partial charge in [-0.3, -0.25) is 9.63 Å². The van der Waals surface area contributed by atoms with Crippen molar-refractivity contribution in [2.45, 2.75) is 6.18 Å². The molecule has 0 fully saturated rings. The second-order valence-electron chi connectivity index (χ2n) is 6.49. The molecule has 0 radical (unpaired) electrons. The molecule has 3 aromatic rings. The summed E-state index contributed by atoms with van der Waals surface area (Å²) >= 11 is 0. The largest absolute Gasteiger partial charge is 0.497 e. The summed E-state index contributed by atoms with van der Waals surface area (Å²) in [5.74, 6) is -0.0512. The van der Waals surface area contributed by atoms with Crippen molar-refractivity contribution in [3.8, 4) is 17.4 Å². The zero-order chi connectivity index (χ0) is 24.7. The van der Waals surface area contributed by atoms with Crippen molar-refractivity contribution >= 4 is 23.3 Å². The molecule has 34 heavy (non-hydrogen) atoms. The van der Waals surface area contributed by atoms with Crippen LogP contribution in [0.25, 0.3) is 0 Å². The van der Waals surface area contributed by atoms with Crippen LogP contribution >= 0.6 is 0 Å². The number of ether oxygens (including phenoxy) is 2. The average molecular weight is 477 g/mol. The summed E-state index contributed by atoms with van der Waals surface area (Å²) < 4.78 is 50.2. The predicted molar refractivity (Wildman–Crippen MR) is 114 cm³/mol. The molecule has 2 aromatic carbocycles. The summed E-state index contributed by atoms with van der Waals surface area (Å²) in [6.45, 7) is 0. The molecule has 0 aliphatic heterocycles. The van der Waals surface area contributed by atoms with E-state index in [4.69, 9.17) is 9.47 Å². The molecule has 3 rings (SSSR count). The molecule has 178 valence electrons. The van der Waals surface area contributed by atoms with Crippen molar-refractivity contribution in [2.75, 3.05) is 24.9 Å². The summed E-state index contributed by atoms with van der Waals surface area (Å²) in [6, 6.07) is 9.33. The highest BCUT2D eigenvalue weighted by atomic mass is 19.4. The number of nitrogens with zero attached hydrogens (tertiary/aromatic N) is 2. The van der Waals surface area contributed by atoms with Crippen molar-refractivity contribution in [3.05, 3.63) is 66.1 Å². The van der Waals surface area contributed by atoms with Crippen molar-refractivity contribution in [1.82, 2.24) is 15.4 Å². The van der Waals surface area contributed by atoms with Gasteiger partial charge >= 0.3 is 12.2 Å². The second-order valence-corrected chi connectivity index (χ2v) is 6.49. The van der Waals surface area contributed by atoms with Gasteiger partial charge in [-0.05, 0) is 36.4 Å². The first-order valence-electron chi connectivity index (χ1n) is 9.46. The molecule has 13 heteroatoms. The van der Waals surface area contributed by atoms with Gasteiger partial charge in [0.1, 0.15) is 23.5 Å². The minimum atomic E-state index is -4.67. The zero-order valence-corrected chi connectivity index (χ0v) is 17.8. The third-order valence-electron chi connectivity index (χ3n) is 4.18. The molecule has 0 aliphatic carbocycles. The molecule has 10 nitrogen and oxygen atoms in total. The van der Waals surface area contributed by atoms with E-state index < -0.39 is 29.4 Å². The van der Waals surface area contributed by atoms with Crippen LogP contribution in [-0.4, -0.2) is 36.1 Å². The fourth-order valence-corrected chi connectivity index (χ4v) is 2.68. The van der Waals surface area contributed by atoms with Crippen LogP contribution in [0.3, 0.4) is 0 Å². The van der Waals surface area contributed by atoms with E-state index in [1.54, 1.807) is 0 Å². The summed E-state index contributed by atoms with van der Waals surface area (Å²) in [5, 5.41) is 4.61. The highest BCUT2D eigenvalue weighted by molar-refractivity contribution is 6.00. The van der Waals surface area contributed by atoms with Gasteiger partial charge in [0, 0.05) is 17.8 Å². The minimum absolute atomic E-state index is 0.0116. The van der Waals surface area contributed by atoms with Gasteiger partial charge in [0.05, 0.1) is 25.5 Å². The maximum absolute atomic E-state index is 13.2. The number of amides is 3. The van der Waals surface area contributed by atoms with E-state index >= 15 is 0 Å². The van der Waals surface area contributed by atoms with E-state index in [0.717, 1.165) is 24.5 Å². The SMILES string of the molecule is CONC(=O)c1cc(Oc2ccc(NC(=O)Nc3cc(OC)ccc3C(F)(F)F)cc2)ncn1. The lowest BCUT2D eigenvalue weighted by molar-refractivity contribution is -0.136. The van der Waals surface area contributed by atoms with Crippen LogP contribution in [0.15, 0.2) is 54.9 Å². The van der Waals surface area contributed by atoms with Gasteiger partial charge in [0.25, 0.3) is 5.91 Å². The number of nitrogens with one attached hydrogen (secondary N) is 3. The molecule has 3 amide bonds. The van der Waals surface area contributed by atoms with Crippen LogP contribution in [0, 0.1) is 0 Å². The number of aromatic nitrogens is 2. The molecule has 1 aromatic heterocycles. The Labute approximate surface area is 191 Å². The molecule has 0 aliphatic rings. The van der Waals surface area contributed by atoms with E-state index in [1.807, 2.05) is 0 Å². The number of anilines is 2. The van der Waals surface area contributed by atoms with E-state index in [9.17, 15) is 22.8 Å². The summed E-state index contributed by atoms with van der Waals surface area (Å²) in [4.78, 5) is 36.2. The Morgan fingerprint density at radius 3 is 2.26 bits per heavy atom. The molecule has 0 spiro atoms. The number of urea groups is 1. The first-order valence-corrected chi connectivity index (χ1v) is 9.46. The van der Waals surface area contributed by atoms with Crippen LogP contribution in [0.2, 0.25) is 0 Å². The predicted octanol–water partition coefficient (Wildman–Crippen LogP) is 4.23. The maximum Gasteiger partial charge on any atom is 0.418 e. The van der Waals surface area contributed by atoms with Crippen LogP contribution in [0.4, 0.5) is 29.3 Å². The lowest BCUT2D eigenvalue weighted by Crippen LogP contribution is -2.22. The van der Waals surface area contributed by atoms with E-state index in [-0.39, 0.29) is 23.0 Å². The number of hydrogen-bond donors (Lipinski definition) is 3. The van der Waals surface area contributed by atoms with Crippen LogP contribution in [0.5, 0.6) is 17.4 Å². The molecule has 1 heterocycles. The maximum atomic E-state index is 13.2. The summed E-state index contributed by atoms with van der Waals surface area (Å²) in [6.07, 6.45) is -3.53. The molecular weight excluding hydrogens is 459 g/mol. The standard InChI is InChI=1S/C21H18F3N5O5/c1-32-14-7-8-15(21(22,23)24)16(9-14)28-20(31)27-12-3-5-13(6-4-12)34-18-10-17(25-11-26-18)19(30)29-33-2/h3-11H,1-2H3,(H,29,30)(H2,27,28,31). The van der Waals surface area contributed by atoms with E-state index in [0.29, 0.717) is 5.75 Å². The minimum Gasteiger partial charge on any atom is -0.497 e. The number of rotatable bonds is 7. The number of hydrogen-bond acceptors (Lipinski definition) is 7. The number of hydroxylamine groups is 1. The van der Waals surface area contributed by atoms with Gasteiger partial charge in [-0.2, -0.15) is 13.2 Å². The van der Waals surface area contributed by atoms with Crippen molar-refractivity contribution < 1.29 is 37.1 Å². The number of carbonyl (C=O) groups is 2. The van der Waals surface area contributed by atoms with Gasteiger partial charge in [-0.15, -0.1) is 0 Å². The molecule has 0 saturated heterocycles. The van der Waals surface area contributed by atoms with Gasteiger partial charge in [-0.25, -0.2) is 20.2 Å². The van der Waals surface area contributed by atoms with Gasteiger partial charge in [-0.1, -0.05) is 0 Å². The first kappa shape index (κ1) is 24.3. The Bertz CT molecular complexity index is 1170. The number of alkyl halides is 3. The summed E-state index contributed by atoms with van der Waals surface area (Å²) in [7, 11) is 2.57. The number of benzene rings is 2. The van der Waals surface area contributed by atoms with E-state index in [1.165, 1.54) is 44.6 Å². The Hall–Kier alpha value is -4.39. The third-order valence-corrected chi connectivity index (χ3v) is 4.18. The highest BCUT2D eigenvalue weighted by Crippen LogP contribution is 2.36. The molecule has 0 saturated carbocycles. The van der Waals surface area contributed by atoms with Crippen LogP contribution < -0.4 is 25.6 Å². The second kappa shape index (κ2) is 10.5. The number of halogens is 3. The fourth-order valence-electron chi connectivity index (χ4n) is 2.68. The van der Waals surface area contributed by atoms with Gasteiger partial charge in [0.2, 0.25) is 5.88 Å². The van der Waals surface area contributed by atoms with Gasteiger partial charge < -0.3 is 20.1 Å². The molecule has 0 bridgehead atoms. The van der Waals surface area contributed by atoms with Gasteiger partial charge in [0.15, 0.2) is 0 Å². The third kappa shape index (κ3) is 6.32. The normalized spacial score (nSPS) is 10.9.